The van der Waals surface area contributed by atoms with Crippen LogP contribution in [0.1, 0.15) is 78.2 Å². The number of carbonyl (C=O) groups is 1. The lowest BCUT2D eigenvalue weighted by molar-refractivity contribution is 0.0956. The van der Waals surface area contributed by atoms with Gasteiger partial charge in [0.1, 0.15) is 0 Å². The van der Waals surface area contributed by atoms with Crippen LogP contribution in [0, 0.1) is 0 Å². The predicted molar refractivity (Wildman–Crippen MR) is 92.1 cm³/mol. The summed E-state index contributed by atoms with van der Waals surface area (Å²) >= 11 is 3.79. The van der Waals surface area contributed by atoms with Gasteiger partial charge in [0.15, 0.2) is 0 Å². The van der Waals surface area contributed by atoms with Gasteiger partial charge < -0.3 is 5.32 Å². The quantitative estimate of drug-likeness (QED) is 0.533. The number of benzene rings is 1. The van der Waals surface area contributed by atoms with Crippen molar-refractivity contribution in [2.45, 2.75) is 63.1 Å². The normalized spacial score (nSPS) is 16.0. The van der Waals surface area contributed by atoms with E-state index in [9.17, 15) is 4.79 Å². The lowest BCUT2D eigenvalue weighted by Crippen LogP contribution is -2.22. The summed E-state index contributed by atoms with van der Waals surface area (Å²) in [4.78, 5) is 12.4. The molecule has 1 aromatic carbocycles. The van der Waals surface area contributed by atoms with Gasteiger partial charge in [0.2, 0.25) is 0 Å². The molecule has 2 rings (SSSR count). The largest absolute Gasteiger partial charge is 0.352 e. The summed E-state index contributed by atoms with van der Waals surface area (Å²) in [6.45, 7) is 3.03. The molecule has 21 heavy (non-hydrogen) atoms. The minimum absolute atomic E-state index is 0.0898. The summed E-state index contributed by atoms with van der Waals surface area (Å²) in [5.41, 5.74) is 3.30. The fourth-order valence-corrected chi connectivity index (χ4v) is 3.50. The molecule has 1 N–H and O–H groups in total. The molecule has 0 fully saturated rings. The van der Waals surface area contributed by atoms with Gasteiger partial charge in [-0.15, -0.1) is 0 Å². The molecular weight excluding hydrogens is 326 g/mol. The van der Waals surface area contributed by atoms with Crippen LogP contribution in [0.15, 0.2) is 18.2 Å². The molecule has 0 aromatic heterocycles. The number of halogens is 1. The number of amides is 1. The first-order chi connectivity index (χ1) is 10.2. The zero-order valence-corrected chi connectivity index (χ0v) is 14.5. The van der Waals surface area contributed by atoms with E-state index in [2.05, 4.69) is 46.4 Å². The first kappa shape index (κ1) is 16.5. The minimum atomic E-state index is 0.0898. The first-order valence-corrected chi connectivity index (χ1v) is 9.19. The van der Waals surface area contributed by atoms with Crippen LogP contribution in [0.5, 0.6) is 0 Å². The number of unbranched alkanes of at least 4 members (excludes halogenated alkanes) is 4. The molecular formula is C18H26BrNO. The molecule has 1 heterocycles. The molecule has 1 aromatic rings. The number of aryl methyl sites for hydroxylation is 1. The van der Waals surface area contributed by atoms with E-state index in [-0.39, 0.29) is 5.91 Å². The Morgan fingerprint density at radius 1 is 1.24 bits per heavy atom. The number of fused-ring (bicyclic) bond motifs is 1. The number of hydrogen-bond acceptors (Lipinski definition) is 1. The van der Waals surface area contributed by atoms with E-state index in [0.717, 1.165) is 31.4 Å². The van der Waals surface area contributed by atoms with E-state index in [1.54, 1.807) is 0 Å². The highest BCUT2D eigenvalue weighted by molar-refractivity contribution is 9.09. The van der Waals surface area contributed by atoms with Crippen LogP contribution in [-0.4, -0.2) is 12.5 Å². The second-order valence-corrected chi connectivity index (χ2v) is 7.05. The highest BCUT2D eigenvalue weighted by atomic mass is 79.9. The zero-order chi connectivity index (χ0) is 15.1. The summed E-state index contributed by atoms with van der Waals surface area (Å²) < 4.78 is 0. The molecule has 116 valence electrons. The maximum absolute atomic E-state index is 12.1. The van der Waals surface area contributed by atoms with Crippen molar-refractivity contribution >= 4 is 21.8 Å². The first-order valence-electron chi connectivity index (χ1n) is 8.27. The Balaban J connectivity index is 1.95. The van der Waals surface area contributed by atoms with Gasteiger partial charge in [0, 0.05) is 16.9 Å². The molecule has 1 unspecified atom stereocenters. The maximum atomic E-state index is 12.1. The van der Waals surface area contributed by atoms with E-state index in [4.69, 9.17) is 0 Å². The summed E-state index contributed by atoms with van der Waals surface area (Å²) in [6, 6.07) is 6.41. The van der Waals surface area contributed by atoms with E-state index in [1.807, 2.05) is 0 Å². The Morgan fingerprint density at radius 2 is 2.05 bits per heavy atom. The van der Waals surface area contributed by atoms with Crippen molar-refractivity contribution in [3.63, 3.8) is 0 Å². The summed E-state index contributed by atoms with van der Waals surface area (Å²) in [7, 11) is 0. The van der Waals surface area contributed by atoms with Crippen molar-refractivity contribution in [3.8, 4) is 0 Å². The van der Waals surface area contributed by atoms with E-state index in [0.29, 0.717) is 4.83 Å². The van der Waals surface area contributed by atoms with Gasteiger partial charge in [-0.1, -0.05) is 67.1 Å². The number of rotatable bonds is 7. The number of hydrogen-bond donors (Lipinski definition) is 1. The van der Waals surface area contributed by atoms with Crippen molar-refractivity contribution in [2.75, 3.05) is 6.54 Å². The van der Waals surface area contributed by atoms with E-state index in [1.165, 1.54) is 43.2 Å². The molecule has 0 radical (unpaired) electrons. The van der Waals surface area contributed by atoms with Crippen LogP contribution in [0.25, 0.3) is 0 Å². The molecule has 0 bridgehead atoms. The van der Waals surface area contributed by atoms with E-state index >= 15 is 0 Å². The van der Waals surface area contributed by atoms with Crippen molar-refractivity contribution in [3.05, 3.63) is 34.9 Å². The third kappa shape index (κ3) is 4.84. The SMILES string of the molecule is CCCCCCCC(Br)c1ccc2c(c1)C(=O)NCCC2. The molecule has 1 atom stereocenters. The van der Waals surface area contributed by atoms with Gasteiger partial charge in [-0.3, -0.25) is 4.79 Å². The molecule has 1 aliphatic heterocycles. The molecule has 1 amide bonds. The molecule has 0 spiro atoms. The molecule has 2 nitrogen and oxygen atoms in total. The van der Waals surface area contributed by atoms with Gasteiger partial charge in [0.25, 0.3) is 5.91 Å². The van der Waals surface area contributed by atoms with Gasteiger partial charge >= 0.3 is 0 Å². The summed E-state index contributed by atoms with van der Waals surface area (Å²) in [6.07, 6.45) is 9.70. The standard InChI is InChI=1S/C18H26BrNO/c1-2-3-4-5-6-9-17(19)15-11-10-14-8-7-12-20-18(21)16(14)13-15/h10-11,13,17H,2-9,12H2,1H3,(H,20,21). The fourth-order valence-electron chi connectivity index (χ4n) is 2.89. The number of carbonyl (C=O) groups excluding carboxylic acids is 1. The molecule has 0 saturated carbocycles. The highest BCUT2D eigenvalue weighted by Gasteiger charge is 2.17. The zero-order valence-electron chi connectivity index (χ0n) is 13.0. The molecule has 0 aliphatic carbocycles. The van der Waals surface area contributed by atoms with Crippen molar-refractivity contribution in [2.24, 2.45) is 0 Å². The van der Waals surface area contributed by atoms with Crippen molar-refractivity contribution in [1.29, 1.82) is 0 Å². The van der Waals surface area contributed by atoms with Crippen LogP contribution >= 0.6 is 15.9 Å². The lowest BCUT2D eigenvalue weighted by atomic mass is 9.97. The Kier molecular flexibility index (Phi) is 6.75. The average molecular weight is 352 g/mol. The second kappa shape index (κ2) is 8.57. The van der Waals surface area contributed by atoms with Gasteiger partial charge in [-0.2, -0.15) is 0 Å². The van der Waals surface area contributed by atoms with Gasteiger partial charge in [-0.05, 0) is 36.5 Å². The summed E-state index contributed by atoms with van der Waals surface area (Å²) in [5, 5.41) is 2.98. The molecule has 0 saturated heterocycles. The number of alkyl halides is 1. The Morgan fingerprint density at radius 3 is 2.86 bits per heavy atom. The predicted octanol–water partition coefficient (Wildman–Crippen LogP) is 5.16. The third-order valence-corrected chi connectivity index (χ3v) is 5.20. The monoisotopic (exact) mass is 351 g/mol. The second-order valence-electron chi connectivity index (χ2n) is 5.95. The fraction of sp³-hybridized carbons (Fsp3) is 0.611. The number of nitrogens with one attached hydrogen (secondary N) is 1. The van der Waals surface area contributed by atoms with Crippen LogP contribution in [0.3, 0.4) is 0 Å². The highest BCUT2D eigenvalue weighted by Crippen LogP contribution is 2.30. The van der Waals surface area contributed by atoms with Crippen LogP contribution in [-0.2, 0) is 6.42 Å². The van der Waals surface area contributed by atoms with Crippen LogP contribution in [0.2, 0.25) is 0 Å². The van der Waals surface area contributed by atoms with Gasteiger partial charge in [0.05, 0.1) is 0 Å². The summed E-state index contributed by atoms with van der Waals surface area (Å²) in [5.74, 6) is 0.0898. The molecule has 3 heteroatoms. The minimum Gasteiger partial charge on any atom is -0.352 e. The van der Waals surface area contributed by atoms with Crippen molar-refractivity contribution in [1.82, 2.24) is 5.32 Å². The third-order valence-electron chi connectivity index (χ3n) is 4.21. The van der Waals surface area contributed by atoms with Gasteiger partial charge in [-0.25, -0.2) is 0 Å². The smallest absolute Gasteiger partial charge is 0.251 e. The lowest BCUT2D eigenvalue weighted by Gasteiger charge is -2.13. The van der Waals surface area contributed by atoms with Crippen LogP contribution in [0.4, 0.5) is 0 Å². The Bertz CT molecular complexity index is 472. The van der Waals surface area contributed by atoms with Crippen LogP contribution < -0.4 is 5.32 Å². The topological polar surface area (TPSA) is 29.1 Å². The molecule has 1 aliphatic rings. The van der Waals surface area contributed by atoms with E-state index < -0.39 is 0 Å². The Labute approximate surface area is 136 Å². The maximum Gasteiger partial charge on any atom is 0.251 e. The van der Waals surface area contributed by atoms with Crippen molar-refractivity contribution < 1.29 is 4.79 Å². The Hall–Kier alpha value is -0.830. The average Bonchev–Trinajstić information content (AvgIpc) is 2.68.